The summed E-state index contributed by atoms with van der Waals surface area (Å²) in [4.78, 5) is 14.5. The van der Waals surface area contributed by atoms with Crippen LogP contribution >= 0.6 is 11.8 Å². The quantitative estimate of drug-likeness (QED) is 0.773. The summed E-state index contributed by atoms with van der Waals surface area (Å²) in [6.45, 7) is 9.62. The third-order valence-electron chi connectivity index (χ3n) is 3.40. The van der Waals surface area contributed by atoms with Crippen molar-refractivity contribution in [1.82, 2.24) is 10.2 Å². The Morgan fingerprint density at radius 3 is 2.56 bits per heavy atom. The van der Waals surface area contributed by atoms with Gasteiger partial charge in [-0.2, -0.15) is 11.8 Å². The lowest BCUT2D eigenvalue weighted by atomic mass is 10.0. The number of hydrogen-bond acceptors (Lipinski definition) is 3. The van der Waals surface area contributed by atoms with E-state index in [1.807, 2.05) is 11.8 Å². The highest BCUT2D eigenvalue weighted by Crippen LogP contribution is 2.20. The van der Waals surface area contributed by atoms with Gasteiger partial charge in [-0.15, -0.1) is 0 Å². The van der Waals surface area contributed by atoms with Gasteiger partial charge in [-0.25, -0.2) is 0 Å². The second-order valence-corrected chi connectivity index (χ2v) is 6.73. The molecule has 0 aromatic carbocycles. The van der Waals surface area contributed by atoms with Crippen molar-refractivity contribution in [1.29, 1.82) is 0 Å². The number of nitrogens with one attached hydrogen (secondary N) is 1. The van der Waals surface area contributed by atoms with Crippen LogP contribution in [0.5, 0.6) is 0 Å². The molecule has 0 radical (unpaired) electrons. The average molecular weight is 272 g/mol. The summed E-state index contributed by atoms with van der Waals surface area (Å²) in [6.07, 6.45) is 4.31. The number of rotatable bonds is 7. The normalized spacial score (nSPS) is 26.1. The molecule has 0 saturated carbocycles. The first-order valence-corrected chi connectivity index (χ1v) is 8.44. The summed E-state index contributed by atoms with van der Waals surface area (Å²) in [6, 6.07) is 0.0384. The zero-order valence-electron chi connectivity index (χ0n) is 12.4. The molecule has 0 bridgehead atoms. The van der Waals surface area contributed by atoms with E-state index in [0.29, 0.717) is 17.7 Å². The SMILES string of the molecule is CCC1NC(CC(C)C)C(=O)N1CC(C)CSC. The number of carbonyl (C=O) groups is 1. The molecule has 0 spiro atoms. The van der Waals surface area contributed by atoms with Crippen molar-refractivity contribution in [3.05, 3.63) is 0 Å². The van der Waals surface area contributed by atoms with Crippen LogP contribution < -0.4 is 5.32 Å². The van der Waals surface area contributed by atoms with Gasteiger partial charge in [-0.3, -0.25) is 10.1 Å². The van der Waals surface area contributed by atoms with Crippen LogP contribution in [0.3, 0.4) is 0 Å². The monoisotopic (exact) mass is 272 g/mol. The number of carbonyl (C=O) groups excluding carboxylic acids is 1. The first-order chi connectivity index (χ1) is 8.49. The van der Waals surface area contributed by atoms with Crippen LogP contribution in [0.25, 0.3) is 0 Å². The Labute approximate surface area is 116 Å². The summed E-state index contributed by atoms with van der Waals surface area (Å²) >= 11 is 1.86. The van der Waals surface area contributed by atoms with E-state index >= 15 is 0 Å². The average Bonchev–Trinajstić information content (AvgIpc) is 2.57. The minimum Gasteiger partial charge on any atom is -0.326 e. The summed E-state index contributed by atoms with van der Waals surface area (Å²) in [5.41, 5.74) is 0. The lowest BCUT2D eigenvalue weighted by molar-refractivity contribution is -0.130. The first-order valence-electron chi connectivity index (χ1n) is 7.05. The molecule has 1 saturated heterocycles. The van der Waals surface area contributed by atoms with Crippen molar-refractivity contribution in [3.63, 3.8) is 0 Å². The number of thioether (sulfide) groups is 1. The Morgan fingerprint density at radius 1 is 1.39 bits per heavy atom. The molecule has 18 heavy (non-hydrogen) atoms. The lowest BCUT2D eigenvalue weighted by Gasteiger charge is -2.26. The standard InChI is InChI=1S/C14H28N2OS/c1-6-13-15-12(7-10(2)3)14(17)16(13)8-11(4)9-18-5/h10-13,15H,6-9H2,1-5H3. The van der Waals surface area contributed by atoms with E-state index in [-0.39, 0.29) is 12.2 Å². The van der Waals surface area contributed by atoms with Gasteiger partial charge >= 0.3 is 0 Å². The van der Waals surface area contributed by atoms with E-state index in [4.69, 9.17) is 0 Å². The van der Waals surface area contributed by atoms with Gasteiger partial charge < -0.3 is 4.90 Å². The molecule has 1 aliphatic heterocycles. The summed E-state index contributed by atoms with van der Waals surface area (Å²) in [7, 11) is 0. The van der Waals surface area contributed by atoms with E-state index in [0.717, 1.165) is 25.1 Å². The van der Waals surface area contributed by atoms with Crippen LogP contribution in [0.15, 0.2) is 0 Å². The molecule has 4 heteroatoms. The van der Waals surface area contributed by atoms with Gasteiger partial charge in [0.2, 0.25) is 5.91 Å². The fraction of sp³-hybridized carbons (Fsp3) is 0.929. The first kappa shape index (κ1) is 15.8. The van der Waals surface area contributed by atoms with Crippen molar-refractivity contribution in [2.45, 2.75) is 52.7 Å². The predicted molar refractivity (Wildman–Crippen MR) is 79.7 cm³/mol. The Bertz CT molecular complexity index is 271. The molecule has 0 aromatic heterocycles. The second-order valence-electron chi connectivity index (χ2n) is 5.82. The highest BCUT2D eigenvalue weighted by atomic mass is 32.2. The van der Waals surface area contributed by atoms with Crippen LogP contribution in [-0.2, 0) is 4.79 Å². The van der Waals surface area contributed by atoms with Gasteiger partial charge in [-0.05, 0) is 36.7 Å². The zero-order chi connectivity index (χ0) is 13.7. The van der Waals surface area contributed by atoms with Crippen molar-refractivity contribution in [3.8, 4) is 0 Å². The molecule has 1 heterocycles. The smallest absolute Gasteiger partial charge is 0.241 e. The van der Waals surface area contributed by atoms with Crippen LogP contribution in [0.1, 0.15) is 40.5 Å². The van der Waals surface area contributed by atoms with Gasteiger partial charge in [0.25, 0.3) is 0 Å². The van der Waals surface area contributed by atoms with Gasteiger partial charge in [0.15, 0.2) is 0 Å². The molecule has 1 rings (SSSR count). The third-order valence-corrected chi connectivity index (χ3v) is 4.31. The predicted octanol–water partition coefficient (Wildman–Crippen LogP) is 2.57. The molecule has 1 fully saturated rings. The molecular formula is C14H28N2OS. The third kappa shape index (κ3) is 4.16. The maximum atomic E-state index is 12.4. The minimum atomic E-state index is 0.0384. The molecule has 3 unspecified atom stereocenters. The van der Waals surface area contributed by atoms with E-state index in [1.54, 1.807) is 0 Å². The van der Waals surface area contributed by atoms with Crippen LogP contribution in [0.2, 0.25) is 0 Å². The van der Waals surface area contributed by atoms with E-state index < -0.39 is 0 Å². The second kappa shape index (κ2) is 7.39. The molecule has 1 aliphatic rings. The summed E-state index contributed by atoms with van der Waals surface area (Å²) < 4.78 is 0. The molecule has 1 N–H and O–H groups in total. The van der Waals surface area contributed by atoms with E-state index in [1.165, 1.54) is 0 Å². The van der Waals surface area contributed by atoms with Crippen molar-refractivity contribution in [2.75, 3.05) is 18.6 Å². The molecule has 1 amide bonds. The molecule has 3 nitrogen and oxygen atoms in total. The number of hydrogen-bond donors (Lipinski definition) is 1. The molecule has 106 valence electrons. The van der Waals surface area contributed by atoms with E-state index in [9.17, 15) is 4.79 Å². The van der Waals surface area contributed by atoms with Gasteiger partial charge in [-0.1, -0.05) is 27.7 Å². The van der Waals surface area contributed by atoms with Gasteiger partial charge in [0.1, 0.15) is 0 Å². The molecular weight excluding hydrogens is 244 g/mol. The minimum absolute atomic E-state index is 0.0384. The highest BCUT2D eigenvalue weighted by molar-refractivity contribution is 7.98. The fourth-order valence-electron chi connectivity index (χ4n) is 2.62. The highest BCUT2D eigenvalue weighted by Gasteiger charge is 2.38. The lowest BCUT2D eigenvalue weighted by Crippen LogP contribution is -2.39. The largest absolute Gasteiger partial charge is 0.326 e. The van der Waals surface area contributed by atoms with Gasteiger partial charge in [0, 0.05) is 6.54 Å². The summed E-state index contributed by atoms with van der Waals surface area (Å²) in [5.74, 6) is 2.56. The maximum Gasteiger partial charge on any atom is 0.241 e. The van der Waals surface area contributed by atoms with Crippen molar-refractivity contribution >= 4 is 17.7 Å². The summed E-state index contributed by atoms with van der Waals surface area (Å²) in [5, 5.41) is 3.49. The zero-order valence-corrected chi connectivity index (χ0v) is 13.2. The Kier molecular flexibility index (Phi) is 6.50. The number of amides is 1. The van der Waals surface area contributed by atoms with Crippen molar-refractivity contribution < 1.29 is 4.79 Å². The topological polar surface area (TPSA) is 32.3 Å². The molecule has 0 aromatic rings. The van der Waals surface area contributed by atoms with Crippen LogP contribution in [0.4, 0.5) is 0 Å². The van der Waals surface area contributed by atoms with Crippen LogP contribution in [-0.4, -0.2) is 41.6 Å². The Balaban J connectivity index is 2.61. The maximum absolute atomic E-state index is 12.4. The van der Waals surface area contributed by atoms with Crippen LogP contribution in [0, 0.1) is 11.8 Å². The Hall–Kier alpha value is -0.220. The number of nitrogens with zero attached hydrogens (tertiary/aromatic N) is 1. The molecule has 0 aliphatic carbocycles. The van der Waals surface area contributed by atoms with E-state index in [2.05, 4.69) is 44.2 Å². The van der Waals surface area contributed by atoms with Gasteiger partial charge in [0.05, 0.1) is 12.2 Å². The Morgan fingerprint density at radius 2 is 2.06 bits per heavy atom. The molecule has 3 atom stereocenters. The van der Waals surface area contributed by atoms with Crippen molar-refractivity contribution in [2.24, 2.45) is 11.8 Å². The fourth-order valence-corrected chi connectivity index (χ4v) is 3.29.